The van der Waals surface area contributed by atoms with Crippen LogP contribution in [0.15, 0.2) is 67.0 Å². The number of aliphatic hydroxyl groups is 1. The van der Waals surface area contributed by atoms with E-state index < -0.39 is 6.10 Å². The lowest BCUT2D eigenvalue weighted by Gasteiger charge is -2.21. The number of halogens is 1. The van der Waals surface area contributed by atoms with E-state index in [9.17, 15) is 9.50 Å². The van der Waals surface area contributed by atoms with E-state index in [-0.39, 0.29) is 11.9 Å². The molecule has 0 aliphatic rings. The maximum atomic E-state index is 13.2. The molecule has 0 aliphatic heterocycles. The standard InChI is InChI=1S/C19H20FN3O/c1-23-12-11-21-19(23)18(15-7-9-16(20)10-8-15)22-13-17(24)14-5-3-2-4-6-14/h2-12,17-18,22,24H,13H2,1H3/t17-,18+/m0/s1. The number of aliphatic hydroxyl groups excluding tert-OH is 1. The van der Waals surface area contributed by atoms with Gasteiger partial charge in [0, 0.05) is 26.0 Å². The molecule has 1 aromatic heterocycles. The van der Waals surface area contributed by atoms with Crippen molar-refractivity contribution in [3.05, 3.63) is 89.8 Å². The molecule has 5 heteroatoms. The molecule has 24 heavy (non-hydrogen) atoms. The largest absolute Gasteiger partial charge is 0.387 e. The van der Waals surface area contributed by atoms with Gasteiger partial charge >= 0.3 is 0 Å². The molecule has 0 spiro atoms. The second-order valence-corrected chi connectivity index (χ2v) is 5.72. The zero-order valence-corrected chi connectivity index (χ0v) is 13.4. The van der Waals surface area contributed by atoms with E-state index in [0.29, 0.717) is 6.54 Å². The minimum absolute atomic E-state index is 0.232. The Kier molecular flexibility index (Phi) is 5.03. The first kappa shape index (κ1) is 16.4. The molecule has 0 amide bonds. The van der Waals surface area contributed by atoms with Crippen LogP contribution in [0.3, 0.4) is 0 Å². The Bertz CT molecular complexity index is 771. The van der Waals surface area contributed by atoms with Crippen molar-refractivity contribution in [2.24, 2.45) is 7.05 Å². The average Bonchev–Trinajstić information content (AvgIpc) is 3.03. The monoisotopic (exact) mass is 325 g/mol. The van der Waals surface area contributed by atoms with Crippen LogP contribution in [-0.2, 0) is 7.05 Å². The van der Waals surface area contributed by atoms with Crippen LogP contribution < -0.4 is 5.32 Å². The summed E-state index contributed by atoms with van der Waals surface area (Å²) >= 11 is 0. The quantitative estimate of drug-likeness (QED) is 0.732. The van der Waals surface area contributed by atoms with Crippen molar-refractivity contribution in [2.45, 2.75) is 12.1 Å². The summed E-state index contributed by atoms with van der Waals surface area (Å²) in [5.74, 6) is 0.531. The third kappa shape index (κ3) is 3.69. The number of imidazole rings is 1. The molecule has 0 fully saturated rings. The summed E-state index contributed by atoms with van der Waals surface area (Å²) in [7, 11) is 1.91. The Labute approximate surface area is 140 Å². The van der Waals surface area contributed by atoms with E-state index in [1.54, 1.807) is 18.3 Å². The molecule has 124 valence electrons. The molecule has 1 heterocycles. The zero-order valence-electron chi connectivity index (χ0n) is 13.4. The molecule has 4 nitrogen and oxygen atoms in total. The number of rotatable bonds is 6. The van der Waals surface area contributed by atoms with Crippen LogP contribution in [0, 0.1) is 5.82 Å². The lowest BCUT2D eigenvalue weighted by Crippen LogP contribution is -2.29. The molecule has 0 unspecified atom stereocenters. The number of aromatic nitrogens is 2. The van der Waals surface area contributed by atoms with Crippen LogP contribution in [0.4, 0.5) is 4.39 Å². The van der Waals surface area contributed by atoms with Crippen LogP contribution in [0.1, 0.15) is 29.1 Å². The van der Waals surface area contributed by atoms with Gasteiger partial charge in [0.05, 0.1) is 12.1 Å². The first-order valence-corrected chi connectivity index (χ1v) is 7.84. The highest BCUT2D eigenvalue weighted by Gasteiger charge is 2.19. The lowest BCUT2D eigenvalue weighted by atomic mass is 10.0. The highest BCUT2D eigenvalue weighted by atomic mass is 19.1. The fraction of sp³-hybridized carbons (Fsp3) is 0.211. The SMILES string of the molecule is Cn1ccnc1[C@H](NC[C@H](O)c1ccccc1)c1ccc(F)cc1. The molecule has 2 aromatic carbocycles. The highest BCUT2D eigenvalue weighted by molar-refractivity contribution is 5.26. The molecule has 0 saturated heterocycles. The third-order valence-electron chi connectivity index (χ3n) is 4.02. The van der Waals surface area contributed by atoms with Gasteiger partial charge in [-0.05, 0) is 23.3 Å². The van der Waals surface area contributed by atoms with Crippen molar-refractivity contribution in [3.63, 3.8) is 0 Å². The van der Waals surface area contributed by atoms with Gasteiger partial charge in [-0.15, -0.1) is 0 Å². The predicted octanol–water partition coefficient (Wildman–Crippen LogP) is 2.97. The van der Waals surface area contributed by atoms with E-state index in [4.69, 9.17) is 0 Å². The summed E-state index contributed by atoms with van der Waals surface area (Å²) in [6, 6.07) is 15.6. The van der Waals surface area contributed by atoms with Gasteiger partial charge < -0.3 is 15.0 Å². The number of hydrogen-bond acceptors (Lipinski definition) is 3. The average molecular weight is 325 g/mol. The highest BCUT2D eigenvalue weighted by Crippen LogP contribution is 2.22. The van der Waals surface area contributed by atoms with E-state index in [0.717, 1.165) is 17.0 Å². The van der Waals surface area contributed by atoms with Gasteiger partial charge in [-0.2, -0.15) is 0 Å². The Hall–Kier alpha value is -2.50. The van der Waals surface area contributed by atoms with Gasteiger partial charge in [0.15, 0.2) is 0 Å². The van der Waals surface area contributed by atoms with Crippen molar-refractivity contribution < 1.29 is 9.50 Å². The fourth-order valence-electron chi connectivity index (χ4n) is 2.69. The summed E-state index contributed by atoms with van der Waals surface area (Å²) in [6.45, 7) is 0.360. The van der Waals surface area contributed by atoms with Crippen LogP contribution in [0.5, 0.6) is 0 Å². The Morgan fingerprint density at radius 3 is 2.42 bits per heavy atom. The molecule has 0 bridgehead atoms. The van der Waals surface area contributed by atoms with E-state index in [2.05, 4.69) is 10.3 Å². The molecule has 0 saturated carbocycles. The molecular formula is C19H20FN3O. The maximum Gasteiger partial charge on any atom is 0.130 e. The fourth-order valence-corrected chi connectivity index (χ4v) is 2.69. The molecule has 2 atom stereocenters. The summed E-state index contributed by atoms with van der Waals surface area (Å²) in [5.41, 5.74) is 1.74. The smallest absolute Gasteiger partial charge is 0.130 e. The van der Waals surface area contributed by atoms with E-state index in [1.165, 1.54) is 12.1 Å². The third-order valence-corrected chi connectivity index (χ3v) is 4.02. The summed E-state index contributed by atoms with van der Waals surface area (Å²) in [5, 5.41) is 13.7. The Balaban J connectivity index is 1.80. The van der Waals surface area contributed by atoms with Crippen molar-refractivity contribution in [3.8, 4) is 0 Å². The molecule has 0 radical (unpaired) electrons. The van der Waals surface area contributed by atoms with Crippen molar-refractivity contribution in [1.29, 1.82) is 0 Å². The molecule has 3 aromatic rings. The number of hydrogen-bond donors (Lipinski definition) is 2. The number of benzene rings is 2. The van der Waals surface area contributed by atoms with Gasteiger partial charge in [0.1, 0.15) is 11.6 Å². The van der Waals surface area contributed by atoms with Gasteiger partial charge in [-0.25, -0.2) is 9.37 Å². The summed E-state index contributed by atoms with van der Waals surface area (Å²) < 4.78 is 15.1. The normalized spacial score (nSPS) is 13.6. The summed E-state index contributed by atoms with van der Waals surface area (Å²) in [6.07, 6.45) is 2.96. The first-order chi connectivity index (χ1) is 11.6. The van der Waals surface area contributed by atoms with Crippen molar-refractivity contribution in [1.82, 2.24) is 14.9 Å². The zero-order chi connectivity index (χ0) is 16.9. The van der Waals surface area contributed by atoms with Gasteiger partial charge in [0.25, 0.3) is 0 Å². The second kappa shape index (κ2) is 7.38. The molecular weight excluding hydrogens is 305 g/mol. The van der Waals surface area contributed by atoms with E-state index in [1.807, 2.05) is 48.1 Å². The van der Waals surface area contributed by atoms with Crippen LogP contribution >= 0.6 is 0 Å². The summed E-state index contributed by atoms with van der Waals surface area (Å²) in [4.78, 5) is 4.39. The predicted molar refractivity (Wildman–Crippen MR) is 90.9 cm³/mol. The Morgan fingerprint density at radius 1 is 1.08 bits per heavy atom. The molecule has 2 N–H and O–H groups in total. The van der Waals surface area contributed by atoms with Crippen molar-refractivity contribution >= 4 is 0 Å². The van der Waals surface area contributed by atoms with Crippen LogP contribution in [-0.4, -0.2) is 21.2 Å². The second-order valence-electron chi connectivity index (χ2n) is 5.72. The van der Waals surface area contributed by atoms with Gasteiger partial charge in [-0.1, -0.05) is 42.5 Å². The Morgan fingerprint density at radius 2 is 1.79 bits per heavy atom. The van der Waals surface area contributed by atoms with Crippen LogP contribution in [0.25, 0.3) is 0 Å². The van der Waals surface area contributed by atoms with Crippen LogP contribution in [0.2, 0.25) is 0 Å². The number of nitrogens with one attached hydrogen (secondary N) is 1. The van der Waals surface area contributed by atoms with E-state index >= 15 is 0 Å². The molecule has 3 rings (SSSR count). The topological polar surface area (TPSA) is 50.1 Å². The number of nitrogens with zero attached hydrogens (tertiary/aromatic N) is 2. The van der Waals surface area contributed by atoms with Crippen molar-refractivity contribution in [2.75, 3.05) is 6.54 Å². The minimum atomic E-state index is -0.630. The maximum absolute atomic E-state index is 13.2. The number of aryl methyl sites for hydroxylation is 1. The lowest BCUT2D eigenvalue weighted by molar-refractivity contribution is 0.171. The minimum Gasteiger partial charge on any atom is -0.387 e. The first-order valence-electron chi connectivity index (χ1n) is 7.84. The van der Waals surface area contributed by atoms with Gasteiger partial charge in [0.2, 0.25) is 0 Å². The van der Waals surface area contributed by atoms with Gasteiger partial charge in [-0.3, -0.25) is 0 Å². The molecule has 0 aliphatic carbocycles.